The minimum atomic E-state index is -1.75. The molecule has 0 aromatic carbocycles. The van der Waals surface area contributed by atoms with Crippen molar-refractivity contribution in [3.8, 4) is 0 Å². The summed E-state index contributed by atoms with van der Waals surface area (Å²) in [6.45, 7) is 0.0795. The van der Waals surface area contributed by atoms with E-state index in [2.05, 4.69) is 0 Å². The topological polar surface area (TPSA) is 251 Å². The van der Waals surface area contributed by atoms with Crippen LogP contribution in [-0.2, 0) is 22.4 Å². The number of nitrogens with zero attached hydrogens (tertiary/aromatic N) is 3. The van der Waals surface area contributed by atoms with Gasteiger partial charge < -0.3 is 51.7 Å². The predicted octanol–water partition coefficient (Wildman–Crippen LogP) is -0.685. The van der Waals surface area contributed by atoms with Crippen LogP contribution in [0.15, 0.2) is 0 Å². The Hall–Kier alpha value is -1.16. The molecule has 0 fully saturated rings. The SMILES string of the molecule is NCC(N)(Cl)Cl.O=[N+]([O-])[O-].O=[N+]([O-])[O-].O=[N+]([O-])[O-].[Au+3]. The molecule has 0 bridgehead atoms. The van der Waals surface area contributed by atoms with E-state index in [4.69, 9.17) is 80.6 Å². The molecule has 0 unspecified atom stereocenters. The summed E-state index contributed by atoms with van der Waals surface area (Å²) in [6.07, 6.45) is 0. The Labute approximate surface area is 129 Å². The van der Waals surface area contributed by atoms with Crippen LogP contribution < -0.4 is 11.5 Å². The monoisotopic (exact) mass is 511 g/mol. The fourth-order valence-electron chi connectivity index (χ4n) is 0. The van der Waals surface area contributed by atoms with Gasteiger partial charge in [-0.15, -0.1) is 0 Å². The van der Waals surface area contributed by atoms with Crippen molar-refractivity contribution in [1.82, 2.24) is 0 Å². The molecular weight excluding hydrogens is 506 g/mol. The largest absolute Gasteiger partial charge is 3.00 e. The first-order valence-corrected chi connectivity index (χ1v) is 3.83. The maximum atomic E-state index is 8.25. The van der Waals surface area contributed by atoms with Crippen molar-refractivity contribution >= 4 is 23.2 Å². The summed E-state index contributed by atoms with van der Waals surface area (Å²) in [5.41, 5.74) is 9.86. The van der Waals surface area contributed by atoms with Crippen molar-refractivity contribution in [2.45, 2.75) is 4.46 Å². The van der Waals surface area contributed by atoms with Crippen LogP contribution in [0.3, 0.4) is 0 Å². The number of hydrogen-bond acceptors (Lipinski definition) is 11. The van der Waals surface area contributed by atoms with Crippen LogP contribution in [0.25, 0.3) is 0 Å². The minimum Gasteiger partial charge on any atom is -0.356 e. The first kappa shape index (κ1) is 30.7. The normalized spacial score (nSPS) is 7.58. The quantitative estimate of drug-likeness (QED) is 0.146. The van der Waals surface area contributed by atoms with Crippen LogP contribution in [0.2, 0.25) is 0 Å². The maximum absolute atomic E-state index is 8.25. The molecule has 0 rings (SSSR count). The van der Waals surface area contributed by atoms with Crippen LogP contribution in [0.4, 0.5) is 0 Å². The van der Waals surface area contributed by atoms with Crippen molar-refractivity contribution in [3.05, 3.63) is 46.0 Å². The molecule has 0 aliphatic heterocycles. The zero-order valence-corrected chi connectivity index (χ0v) is 12.1. The number of rotatable bonds is 1. The average Bonchev–Trinajstić information content (AvgIpc) is 1.99. The predicted molar refractivity (Wildman–Crippen MR) is 58.8 cm³/mol. The number of alkyl halides is 2. The van der Waals surface area contributed by atoms with Gasteiger partial charge >= 0.3 is 22.4 Å². The zero-order chi connectivity index (χ0) is 15.9. The zero-order valence-electron chi connectivity index (χ0n) is 8.44. The van der Waals surface area contributed by atoms with Gasteiger partial charge in [0.05, 0.1) is 15.3 Å². The second-order valence-electron chi connectivity index (χ2n) is 1.64. The molecule has 0 aromatic rings. The van der Waals surface area contributed by atoms with Crippen molar-refractivity contribution in [2.75, 3.05) is 6.54 Å². The first-order chi connectivity index (χ1) is 7.76. The minimum absolute atomic E-state index is 0. The van der Waals surface area contributed by atoms with Crippen molar-refractivity contribution in [2.24, 2.45) is 11.5 Å². The summed E-state index contributed by atoms with van der Waals surface area (Å²) >= 11 is 10.3. The van der Waals surface area contributed by atoms with E-state index in [1.165, 1.54) is 0 Å². The van der Waals surface area contributed by atoms with Gasteiger partial charge in [0.15, 0.2) is 4.46 Å². The van der Waals surface area contributed by atoms with E-state index in [0.717, 1.165) is 0 Å². The molecule has 118 valence electrons. The van der Waals surface area contributed by atoms with Gasteiger partial charge in [0.1, 0.15) is 0 Å². The summed E-state index contributed by atoms with van der Waals surface area (Å²) in [5.74, 6) is 0. The van der Waals surface area contributed by atoms with Gasteiger partial charge in [-0.05, 0) is 0 Å². The third-order valence-electron chi connectivity index (χ3n) is 0.272. The molecule has 0 atom stereocenters. The van der Waals surface area contributed by atoms with Gasteiger partial charge in [-0.25, -0.2) is 0 Å². The van der Waals surface area contributed by atoms with E-state index in [0.29, 0.717) is 0 Å². The second-order valence-corrected chi connectivity index (χ2v) is 3.18. The van der Waals surface area contributed by atoms with Gasteiger partial charge in [-0.2, -0.15) is 0 Å². The van der Waals surface area contributed by atoms with Gasteiger partial charge in [0.25, 0.3) is 0 Å². The Morgan fingerprint density at radius 3 is 0.895 bits per heavy atom. The molecule has 14 nitrogen and oxygen atoms in total. The Kier molecular flexibility index (Phi) is 31.0. The van der Waals surface area contributed by atoms with Crippen LogP contribution in [0, 0.1) is 46.0 Å². The van der Waals surface area contributed by atoms with E-state index >= 15 is 0 Å². The number of halogens is 2. The molecule has 0 radical (unpaired) electrons. The maximum Gasteiger partial charge on any atom is 3.00 e. The molecular formula is C2H6AuCl2N5O9. The number of nitrogens with two attached hydrogens (primary N) is 2. The fourth-order valence-corrected chi connectivity index (χ4v) is 0. The molecule has 0 spiro atoms. The van der Waals surface area contributed by atoms with Crippen molar-refractivity contribution in [1.29, 1.82) is 0 Å². The summed E-state index contributed by atoms with van der Waals surface area (Å²) in [6, 6.07) is 0. The van der Waals surface area contributed by atoms with Crippen molar-refractivity contribution in [3.63, 3.8) is 0 Å². The van der Waals surface area contributed by atoms with E-state index in [9.17, 15) is 0 Å². The molecule has 0 saturated carbocycles. The Balaban J connectivity index is -0.0000000459. The summed E-state index contributed by atoms with van der Waals surface area (Å²) in [5, 5.41) is 44.2. The van der Waals surface area contributed by atoms with Crippen LogP contribution in [0.5, 0.6) is 0 Å². The molecule has 0 aliphatic rings. The van der Waals surface area contributed by atoms with E-state index in [-0.39, 0.29) is 28.9 Å². The molecule has 0 amide bonds. The molecule has 0 aromatic heterocycles. The van der Waals surface area contributed by atoms with Gasteiger partial charge in [-0.1, -0.05) is 23.2 Å². The molecule has 17 heteroatoms. The molecule has 4 N–H and O–H groups in total. The molecule has 0 saturated heterocycles. The summed E-state index contributed by atoms with van der Waals surface area (Å²) < 4.78 is -1.24. The fraction of sp³-hybridized carbons (Fsp3) is 1.00. The van der Waals surface area contributed by atoms with Gasteiger partial charge in [-0.3, -0.25) is 5.73 Å². The third kappa shape index (κ3) is 1100. The van der Waals surface area contributed by atoms with Crippen LogP contribution >= 0.6 is 23.2 Å². The number of hydrogen-bond donors (Lipinski definition) is 2. The molecule has 19 heavy (non-hydrogen) atoms. The Bertz CT molecular complexity index is 207. The van der Waals surface area contributed by atoms with E-state index in [1.54, 1.807) is 0 Å². The Morgan fingerprint density at radius 2 is 0.895 bits per heavy atom. The van der Waals surface area contributed by atoms with Gasteiger partial charge in [0.2, 0.25) is 0 Å². The van der Waals surface area contributed by atoms with Gasteiger partial charge in [0, 0.05) is 6.54 Å². The smallest absolute Gasteiger partial charge is 0.356 e. The van der Waals surface area contributed by atoms with Crippen LogP contribution in [-0.4, -0.2) is 26.3 Å². The summed E-state index contributed by atoms with van der Waals surface area (Å²) in [7, 11) is 0. The Morgan fingerprint density at radius 1 is 0.842 bits per heavy atom. The standard InChI is InChI=1S/C2H6Cl2N2.Au.3NO3/c3-2(4,6)1-5;;3*2-1(3)4/h1,5-6H2;;;;/q;+3;3*-1. The van der Waals surface area contributed by atoms with E-state index in [1.807, 2.05) is 0 Å². The summed E-state index contributed by atoms with van der Waals surface area (Å²) in [4.78, 5) is 24.8. The molecule has 0 aliphatic carbocycles. The first-order valence-electron chi connectivity index (χ1n) is 3.07. The van der Waals surface area contributed by atoms with Crippen molar-refractivity contribution < 1.29 is 37.6 Å². The van der Waals surface area contributed by atoms with Crippen LogP contribution in [0.1, 0.15) is 0 Å². The van der Waals surface area contributed by atoms with E-state index < -0.39 is 19.7 Å². The third-order valence-corrected chi connectivity index (χ3v) is 0.581. The molecule has 0 heterocycles. The average molecular weight is 512 g/mol. The second kappa shape index (κ2) is 19.2.